The molecule has 41 heavy (non-hydrogen) atoms. The zero-order valence-corrected chi connectivity index (χ0v) is 22.7. The number of rotatable bonds is 6. The van der Waals surface area contributed by atoms with E-state index in [1.807, 2.05) is 37.3 Å². The molecule has 7 heteroatoms. The standard InChI is InChI=1S/C34H28N2O5/c1-20-9-8-13-26-30(20)33(39)36(32(26)38)24-17-15-22(16-18-24)29-19-27(25-12-6-7-14-28(25)35-29)34(40)41-21(2)31(37)23-10-4-3-5-11-23/h3-12,14-21,26,30H,13H2,1-2H3. The number of hydrogen-bond donors (Lipinski definition) is 0. The van der Waals surface area contributed by atoms with E-state index in [-0.39, 0.29) is 40.9 Å². The number of esters is 1. The second-order valence-corrected chi connectivity index (χ2v) is 10.6. The van der Waals surface area contributed by atoms with E-state index < -0.39 is 12.1 Å². The van der Waals surface area contributed by atoms with Gasteiger partial charge in [0, 0.05) is 16.5 Å². The summed E-state index contributed by atoms with van der Waals surface area (Å²) in [5.41, 5.74) is 3.09. The molecule has 204 valence electrons. The molecular formula is C34H28N2O5. The first kappa shape index (κ1) is 26.3. The first-order valence-electron chi connectivity index (χ1n) is 13.7. The molecule has 6 rings (SSSR count). The molecule has 0 N–H and O–H groups in total. The molecule has 4 unspecified atom stereocenters. The van der Waals surface area contributed by atoms with E-state index in [4.69, 9.17) is 9.72 Å². The van der Waals surface area contributed by atoms with Crippen LogP contribution in [0.4, 0.5) is 5.69 Å². The molecule has 4 atom stereocenters. The third-order valence-electron chi connectivity index (χ3n) is 7.94. The van der Waals surface area contributed by atoms with Crippen LogP contribution in [-0.2, 0) is 14.3 Å². The summed E-state index contributed by atoms with van der Waals surface area (Å²) < 4.78 is 5.61. The number of ketones is 1. The van der Waals surface area contributed by atoms with E-state index in [1.165, 1.54) is 4.90 Å². The number of nitrogens with zero attached hydrogens (tertiary/aromatic N) is 2. The van der Waals surface area contributed by atoms with E-state index in [0.29, 0.717) is 39.8 Å². The fourth-order valence-electron chi connectivity index (χ4n) is 5.79. The summed E-state index contributed by atoms with van der Waals surface area (Å²) in [6, 6.07) is 24.6. The van der Waals surface area contributed by atoms with Gasteiger partial charge < -0.3 is 4.74 Å². The van der Waals surface area contributed by atoms with Crippen molar-refractivity contribution in [2.24, 2.45) is 17.8 Å². The van der Waals surface area contributed by atoms with Gasteiger partial charge >= 0.3 is 5.97 Å². The highest BCUT2D eigenvalue weighted by atomic mass is 16.5. The lowest BCUT2D eigenvalue weighted by Gasteiger charge is -2.22. The number of carbonyl (C=O) groups excluding carboxylic acids is 4. The lowest BCUT2D eigenvalue weighted by molar-refractivity contribution is -0.122. The number of aromatic nitrogens is 1. The van der Waals surface area contributed by atoms with E-state index in [9.17, 15) is 19.2 Å². The van der Waals surface area contributed by atoms with Gasteiger partial charge in [-0.05, 0) is 43.5 Å². The number of para-hydroxylation sites is 1. The normalized spacial score (nSPS) is 20.6. The van der Waals surface area contributed by atoms with Crippen molar-refractivity contribution in [1.82, 2.24) is 4.98 Å². The Labute approximate surface area is 237 Å². The Balaban J connectivity index is 1.29. The number of fused-ring (bicyclic) bond motifs is 2. The van der Waals surface area contributed by atoms with Crippen LogP contribution in [0.1, 0.15) is 41.0 Å². The fraction of sp³-hybridized carbons (Fsp3) is 0.206. The Kier molecular flexibility index (Phi) is 6.79. The second kappa shape index (κ2) is 10.6. The summed E-state index contributed by atoms with van der Waals surface area (Å²) in [6.07, 6.45) is 3.59. The number of Topliss-reactive ketones (excluding diaryl/α,β-unsaturated/α-hetero) is 1. The highest BCUT2D eigenvalue weighted by Gasteiger charge is 2.50. The van der Waals surface area contributed by atoms with Crippen molar-refractivity contribution >= 4 is 40.2 Å². The van der Waals surface area contributed by atoms with Gasteiger partial charge in [-0.1, -0.05) is 79.7 Å². The lowest BCUT2D eigenvalue weighted by Crippen LogP contribution is -2.31. The van der Waals surface area contributed by atoms with Crippen molar-refractivity contribution < 1.29 is 23.9 Å². The number of anilines is 1. The number of imide groups is 1. The molecular weight excluding hydrogens is 516 g/mol. The molecule has 0 bridgehead atoms. The third kappa shape index (κ3) is 4.73. The van der Waals surface area contributed by atoms with Gasteiger partial charge in [-0.15, -0.1) is 0 Å². The molecule has 1 aromatic heterocycles. The maximum absolute atomic E-state index is 13.3. The smallest absolute Gasteiger partial charge is 0.339 e. The molecule has 1 aliphatic carbocycles. The Hall–Kier alpha value is -4.91. The van der Waals surface area contributed by atoms with Gasteiger partial charge in [-0.3, -0.25) is 19.3 Å². The molecule has 1 saturated heterocycles. The third-order valence-corrected chi connectivity index (χ3v) is 7.94. The number of allylic oxidation sites excluding steroid dienone is 2. The molecule has 1 aliphatic heterocycles. The topological polar surface area (TPSA) is 93.6 Å². The van der Waals surface area contributed by atoms with E-state index in [0.717, 1.165) is 0 Å². The summed E-state index contributed by atoms with van der Waals surface area (Å²) in [4.78, 5) is 58.5. The van der Waals surface area contributed by atoms with Gasteiger partial charge in [0.05, 0.1) is 34.3 Å². The van der Waals surface area contributed by atoms with Crippen LogP contribution in [0.5, 0.6) is 0 Å². The zero-order valence-electron chi connectivity index (χ0n) is 22.7. The lowest BCUT2D eigenvalue weighted by atomic mass is 9.78. The second-order valence-electron chi connectivity index (χ2n) is 10.6. The molecule has 2 amide bonds. The van der Waals surface area contributed by atoms with Crippen molar-refractivity contribution in [3.05, 3.63) is 108 Å². The number of amides is 2. The predicted octanol–water partition coefficient (Wildman–Crippen LogP) is 6.03. The highest BCUT2D eigenvalue weighted by molar-refractivity contribution is 6.22. The first-order chi connectivity index (χ1) is 19.8. The molecule has 1 fully saturated rings. The van der Waals surface area contributed by atoms with Crippen LogP contribution in [0.25, 0.3) is 22.2 Å². The van der Waals surface area contributed by atoms with Gasteiger partial charge in [0.1, 0.15) is 0 Å². The van der Waals surface area contributed by atoms with Crippen molar-refractivity contribution in [2.45, 2.75) is 26.4 Å². The fourth-order valence-corrected chi connectivity index (χ4v) is 5.79. The SMILES string of the molecule is CC(OC(=O)c1cc(-c2ccc(N3C(=O)C4CC=CC(C)C4C3=O)cc2)nc2ccccc12)C(=O)c1ccccc1. The number of pyridine rings is 1. The first-order valence-corrected chi connectivity index (χ1v) is 13.7. The Morgan fingerprint density at radius 1 is 0.927 bits per heavy atom. The summed E-state index contributed by atoms with van der Waals surface area (Å²) in [7, 11) is 0. The Morgan fingerprint density at radius 2 is 1.63 bits per heavy atom. The van der Waals surface area contributed by atoms with Crippen LogP contribution in [0.15, 0.2) is 97.1 Å². The summed E-state index contributed by atoms with van der Waals surface area (Å²) in [5, 5.41) is 0.607. The molecule has 4 aromatic rings. The van der Waals surface area contributed by atoms with Crippen molar-refractivity contribution in [2.75, 3.05) is 4.90 Å². The van der Waals surface area contributed by atoms with Crippen LogP contribution in [0.2, 0.25) is 0 Å². The Bertz CT molecular complexity index is 1710. The zero-order chi connectivity index (χ0) is 28.7. The monoisotopic (exact) mass is 544 g/mol. The number of hydrogen-bond acceptors (Lipinski definition) is 6. The summed E-state index contributed by atoms with van der Waals surface area (Å²) >= 11 is 0. The molecule has 0 saturated carbocycles. The molecule has 2 heterocycles. The Morgan fingerprint density at radius 3 is 2.37 bits per heavy atom. The van der Waals surface area contributed by atoms with E-state index in [1.54, 1.807) is 73.7 Å². The maximum atomic E-state index is 13.3. The predicted molar refractivity (Wildman–Crippen MR) is 155 cm³/mol. The van der Waals surface area contributed by atoms with Crippen LogP contribution < -0.4 is 4.90 Å². The molecule has 3 aromatic carbocycles. The van der Waals surface area contributed by atoms with Gasteiger partial charge in [0.2, 0.25) is 17.6 Å². The molecule has 2 aliphatic rings. The van der Waals surface area contributed by atoms with Gasteiger partial charge in [-0.2, -0.15) is 0 Å². The largest absolute Gasteiger partial charge is 0.451 e. The highest BCUT2D eigenvalue weighted by Crippen LogP contribution is 2.40. The van der Waals surface area contributed by atoms with Gasteiger partial charge in [-0.25, -0.2) is 9.78 Å². The number of benzene rings is 3. The molecule has 0 radical (unpaired) electrons. The number of carbonyl (C=O) groups is 4. The van der Waals surface area contributed by atoms with Crippen molar-refractivity contribution in [3.63, 3.8) is 0 Å². The minimum Gasteiger partial charge on any atom is -0.451 e. The molecule has 7 nitrogen and oxygen atoms in total. The van der Waals surface area contributed by atoms with Crippen LogP contribution in [0, 0.1) is 17.8 Å². The summed E-state index contributed by atoms with van der Waals surface area (Å²) in [6.45, 7) is 3.53. The quantitative estimate of drug-likeness (QED) is 0.127. The van der Waals surface area contributed by atoms with E-state index >= 15 is 0 Å². The van der Waals surface area contributed by atoms with Gasteiger partial charge in [0.25, 0.3) is 0 Å². The summed E-state index contributed by atoms with van der Waals surface area (Å²) in [5.74, 6) is -1.90. The minimum absolute atomic E-state index is 0.0140. The number of ether oxygens (including phenoxy) is 1. The van der Waals surface area contributed by atoms with Crippen LogP contribution in [-0.4, -0.2) is 34.7 Å². The maximum Gasteiger partial charge on any atom is 0.339 e. The van der Waals surface area contributed by atoms with E-state index in [2.05, 4.69) is 0 Å². The average molecular weight is 545 g/mol. The van der Waals surface area contributed by atoms with Gasteiger partial charge in [0.15, 0.2) is 6.10 Å². The van der Waals surface area contributed by atoms with Crippen LogP contribution in [0.3, 0.4) is 0 Å². The average Bonchev–Trinajstić information content (AvgIpc) is 3.26. The van der Waals surface area contributed by atoms with Crippen molar-refractivity contribution in [1.29, 1.82) is 0 Å². The van der Waals surface area contributed by atoms with Crippen molar-refractivity contribution in [3.8, 4) is 11.3 Å². The molecule has 0 spiro atoms. The van der Waals surface area contributed by atoms with Crippen LogP contribution >= 0.6 is 0 Å². The minimum atomic E-state index is -0.975.